The van der Waals surface area contributed by atoms with E-state index in [1.54, 1.807) is 0 Å². The lowest BCUT2D eigenvalue weighted by molar-refractivity contribution is -0.146. The van der Waals surface area contributed by atoms with Gasteiger partial charge >= 0.3 is 11.9 Å². The van der Waals surface area contributed by atoms with Crippen LogP contribution < -0.4 is 5.32 Å². The molecule has 6 nitrogen and oxygen atoms in total. The van der Waals surface area contributed by atoms with E-state index in [2.05, 4.69) is 11.9 Å². The van der Waals surface area contributed by atoms with Crippen molar-refractivity contribution in [3.63, 3.8) is 0 Å². The molecule has 0 aliphatic heterocycles. The van der Waals surface area contributed by atoms with Crippen LogP contribution in [0.1, 0.15) is 19.8 Å². The van der Waals surface area contributed by atoms with Crippen LogP contribution in [0.15, 0.2) is 12.2 Å². The third-order valence-electron chi connectivity index (χ3n) is 2.96. The third kappa shape index (κ3) is 4.12. The number of hydrogen-bond acceptors (Lipinski definition) is 5. The Morgan fingerprint density at radius 3 is 2.61 bits per heavy atom. The quantitative estimate of drug-likeness (QED) is 0.436. The fourth-order valence-corrected chi connectivity index (χ4v) is 1.68. The van der Waals surface area contributed by atoms with E-state index >= 15 is 0 Å². The summed E-state index contributed by atoms with van der Waals surface area (Å²) < 4.78 is 4.78. The summed E-state index contributed by atoms with van der Waals surface area (Å²) in [6.07, 6.45) is 0.603. The van der Waals surface area contributed by atoms with E-state index in [9.17, 15) is 14.7 Å². The molecular weight excluding hydrogens is 238 g/mol. The monoisotopic (exact) mass is 257 g/mol. The highest BCUT2D eigenvalue weighted by Crippen LogP contribution is 2.27. The lowest BCUT2D eigenvalue weighted by Crippen LogP contribution is -2.50. The molecule has 3 N–H and O–H groups in total. The number of nitrogens with one attached hydrogen (secondary N) is 1. The minimum absolute atomic E-state index is 0.103. The number of aliphatic hydroxyl groups excluding tert-OH is 1. The predicted octanol–water partition coefficient (Wildman–Crippen LogP) is -0.0806. The zero-order valence-electron chi connectivity index (χ0n) is 10.4. The van der Waals surface area contributed by atoms with Gasteiger partial charge in [0.15, 0.2) is 0 Å². The van der Waals surface area contributed by atoms with Gasteiger partial charge in [0.05, 0.1) is 5.92 Å². The fourth-order valence-electron chi connectivity index (χ4n) is 1.68. The molecule has 1 aliphatic rings. The topological polar surface area (TPSA) is 95.9 Å². The molecule has 0 aromatic rings. The molecule has 0 spiro atoms. The Balaban J connectivity index is 2.17. The maximum atomic E-state index is 11.1. The lowest BCUT2D eigenvalue weighted by atomic mass is 9.79. The van der Waals surface area contributed by atoms with E-state index in [4.69, 9.17) is 9.84 Å². The van der Waals surface area contributed by atoms with Gasteiger partial charge in [-0.2, -0.15) is 0 Å². The Labute approximate surface area is 106 Å². The zero-order chi connectivity index (χ0) is 13.7. The first-order valence-corrected chi connectivity index (χ1v) is 5.88. The first kappa shape index (κ1) is 14.7. The second-order valence-electron chi connectivity index (χ2n) is 4.57. The molecule has 1 rings (SSSR count). The molecule has 0 aromatic heterocycles. The highest BCUT2D eigenvalue weighted by Gasteiger charge is 2.36. The summed E-state index contributed by atoms with van der Waals surface area (Å²) in [4.78, 5) is 21.8. The Bertz CT molecular complexity index is 341. The molecule has 0 aromatic carbocycles. The number of hydrogen-bond donors (Lipinski definition) is 3. The molecule has 0 saturated heterocycles. The number of aliphatic carboxylic acids is 1. The summed E-state index contributed by atoms with van der Waals surface area (Å²) in [7, 11) is 0. The summed E-state index contributed by atoms with van der Waals surface area (Å²) in [6.45, 7) is 5.03. The number of carboxylic acids is 1. The molecule has 0 amide bonds. The Morgan fingerprint density at radius 1 is 1.50 bits per heavy atom. The largest absolute Gasteiger partial charge is 0.481 e. The molecule has 1 aliphatic carbocycles. The van der Waals surface area contributed by atoms with Crippen LogP contribution >= 0.6 is 0 Å². The molecule has 1 saturated carbocycles. The van der Waals surface area contributed by atoms with Gasteiger partial charge in [-0.15, -0.1) is 0 Å². The van der Waals surface area contributed by atoms with E-state index < -0.39 is 18.0 Å². The van der Waals surface area contributed by atoms with Gasteiger partial charge in [-0.05, 0) is 19.8 Å². The van der Waals surface area contributed by atoms with Crippen molar-refractivity contribution in [3.05, 3.63) is 12.2 Å². The number of carbonyl (C=O) groups excluding carboxylic acids is 1. The van der Waals surface area contributed by atoms with Crippen LogP contribution in [0, 0.1) is 5.92 Å². The van der Waals surface area contributed by atoms with E-state index in [1.165, 1.54) is 6.92 Å². The van der Waals surface area contributed by atoms with Crippen molar-refractivity contribution in [2.24, 2.45) is 5.92 Å². The minimum atomic E-state index is -0.844. The number of esters is 1. The van der Waals surface area contributed by atoms with E-state index in [0.29, 0.717) is 6.42 Å². The first-order valence-electron chi connectivity index (χ1n) is 5.88. The van der Waals surface area contributed by atoms with Crippen LogP contribution in [0.2, 0.25) is 0 Å². The van der Waals surface area contributed by atoms with Crippen molar-refractivity contribution in [2.45, 2.75) is 31.9 Å². The van der Waals surface area contributed by atoms with Gasteiger partial charge < -0.3 is 20.3 Å². The smallest absolute Gasteiger partial charge is 0.333 e. The second kappa shape index (κ2) is 6.51. The van der Waals surface area contributed by atoms with Gasteiger partial charge in [0, 0.05) is 18.2 Å². The summed E-state index contributed by atoms with van der Waals surface area (Å²) in [6, 6.07) is -0.103. The van der Waals surface area contributed by atoms with Crippen LogP contribution in [0.5, 0.6) is 0 Å². The number of rotatable bonds is 7. The summed E-state index contributed by atoms with van der Waals surface area (Å²) >= 11 is 0. The van der Waals surface area contributed by atoms with E-state index in [1.807, 2.05) is 0 Å². The molecule has 18 heavy (non-hydrogen) atoms. The molecule has 0 radical (unpaired) electrons. The Morgan fingerprint density at radius 2 is 2.17 bits per heavy atom. The lowest BCUT2D eigenvalue weighted by Gasteiger charge is -2.34. The van der Waals surface area contributed by atoms with Gasteiger partial charge in [0.1, 0.15) is 12.7 Å². The van der Waals surface area contributed by atoms with Gasteiger partial charge in [-0.3, -0.25) is 4.79 Å². The van der Waals surface area contributed by atoms with Crippen molar-refractivity contribution in [1.82, 2.24) is 5.32 Å². The summed E-state index contributed by atoms with van der Waals surface area (Å²) in [5.74, 6) is -1.74. The van der Waals surface area contributed by atoms with Gasteiger partial charge in [-0.1, -0.05) is 6.58 Å². The average Bonchev–Trinajstić information content (AvgIpc) is 2.23. The van der Waals surface area contributed by atoms with E-state index in [0.717, 1.165) is 6.42 Å². The van der Waals surface area contributed by atoms with Crippen molar-refractivity contribution in [3.8, 4) is 0 Å². The zero-order valence-corrected chi connectivity index (χ0v) is 10.4. The van der Waals surface area contributed by atoms with Crippen molar-refractivity contribution < 1.29 is 24.5 Å². The first-order chi connectivity index (χ1) is 8.41. The molecule has 6 heteroatoms. The second-order valence-corrected chi connectivity index (χ2v) is 4.57. The molecule has 1 fully saturated rings. The normalized spacial score (nSPS) is 23.9. The molecule has 3 unspecified atom stereocenters. The average molecular weight is 257 g/mol. The molecule has 0 bridgehead atoms. The summed E-state index contributed by atoms with van der Waals surface area (Å²) in [5, 5.41) is 21.3. The highest BCUT2D eigenvalue weighted by molar-refractivity contribution is 5.86. The fraction of sp³-hybridized carbons (Fsp3) is 0.667. The standard InChI is InChI=1S/C12H19NO5/c1-7(2)12(17)18-6-8(14)5-13-10-4-3-9(10)11(15)16/h8-10,13-14H,1,3-6H2,2H3,(H,15,16). The molecule has 0 heterocycles. The van der Waals surface area contributed by atoms with Crippen molar-refractivity contribution >= 4 is 11.9 Å². The van der Waals surface area contributed by atoms with Crippen LogP contribution in [0.4, 0.5) is 0 Å². The molecular formula is C12H19NO5. The maximum absolute atomic E-state index is 11.1. The Hall–Kier alpha value is -1.40. The third-order valence-corrected chi connectivity index (χ3v) is 2.96. The van der Waals surface area contributed by atoms with Crippen molar-refractivity contribution in [1.29, 1.82) is 0 Å². The molecule has 102 valence electrons. The van der Waals surface area contributed by atoms with Crippen LogP contribution in [-0.4, -0.2) is 47.4 Å². The predicted molar refractivity (Wildman–Crippen MR) is 63.9 cm³/mol. The number of carboxylic acid groups (broad SMARTS) is 1. The Kier molecular flexibility index (Phi) is 5.30. The number of aliphatic hydroxyl groups is 1. The minimum Gasteiger partial charge on any atom is -0.481 e. The van der Waals surface area contributed by atoms with Gasteiger partial charge in [-0.25, -0.2) is 4.79 Å². The van der Waals surface area contributed by atoms with Gasteiger partial charge in [0.2, 0.25) is 0 Å². The van der Waals surface area contributed by atoms with Crippen molar-refractivity contribution in [2.75, 3.05) is 13.2 Å². The van der Waals surface area contributed by atoms with Crippen LogP contribution in [0.3, 0.4) is 0 Å². The van der Waals surface area contributed by atoms with Crippen LogP contribution in [-0.2, 0) is 14.3 Å². The molecule has 3 atom stereocenters. The summed E-state index contributed by atoms with van der Waals surface area (Å²) in [5.41, 5.74) is 0.278. The number of carbonyl (C=O) groups is 2. The maximum Gasteiger partial charge on any atom is 0.333 e. The SMILES string of the molecule is C=C(C)C(=O)OCC(O)CNC1CCC1C(=O)O. The highest BCUT2D eigenvalue weighted by atomic mass is 16.5. The van der Waals surface area contributed by atoms with Gasteiger partial charge in [0.25, 0.3) is 0 Å². The van der Waals surface area contributed by atoms with Crippen LogP contribution in [0.25, 0.3) is 0 Å². The van der Waals surface area contributed by atoms with E-state index in [-0.39, 0.29) is 30.7 Å². The number of ether oxygens (including phenoxy) is 1.